The van der Waals surface area contributed by atoms with Gasteiger partial charge in [0.15, 0.2) is 11.1 Å². The van der Waals surface area contributed by atoms with Crippen molar-refractivity contribution in [3.05, 3.63) is 71.8 Å². The number of nitriles is 2. The number of azo groups is 1. The van der Waals surface area contributed by atoms with Gasteiger partial charge in [-0.05, 0) is 37.8 Å². The molecule has 2 rings (SSSR count). The van der Waals surface area contributed by atoms with Crippen molar-refractivity contribution >= 4 is 11.9 Å². The summed E-state index contributed by atoms with van der Waals surface area (Å²) in [5.41, 5.74) is -0.883. The van der Waals surface area contributed by atoms with Gasteiger partial charge in [0.2, 0.25) is 0 Å². The van der Waals surface area contributed by atoms with Crippen LogP contribution in [0.1, 0.15) is 50.7 Å². The number of hydrogen-bond acceptors (Lipinski definition) is 8. The van der Waals surface area contributed by atoms with Crippen LogP contribution in [0.3, 0.4) is 0 Å². The minimum atomic E-state index is -1.31. The number of carbonyl (C=O) groups excluding carboxylic acids is 2. The summed E-state index contributed by atoms with van der Waals surface area (Å²) in [5.74, 6) is -0.908. The average molecular weight is 461 g/mol. The fraction of sp³-hybridized carbons (Fsp3) is 0.385. The van der Waals surface area contributed by atoms with Crippen molar-refractivity contribution < 1.29 is 19.1 Å². The van der Waals surface area contributed by atoms with E-state index in [1.807, 2.05) is 72.8 Å². The molecule has 0 N–H and O–H groups in total. The second-order valence-corrected chi connectivity index (χ2v) is 8.26. The molecular weight excluding hydrogens is 432 g/mol. The number of ether oxygens (including phenoxy) is 2. The summed E-state index contributed by atoms with van der Waals surface area (Å²) in [4.78, 5) is 24.1. The second-order valence-electron chi connectivity index (χ2n) is 8.26. The Morgan fingerprint density at radius 2 is 1.09 bits per heavy atom. The van der Waals surface area contributed by atoms with Crippen LogP contribution in [0.25, 0.3) is 0 Å². The van der Waals surface area contributed by atoms with Gasteiger partial charge in [-0.25, -0.2) is 0 Å². The predicted octanol–water partition coefficient (Wildman–Crippen LogP) is 5.05. The lowest BCUT2D eigenvalue weighted by atomic mass is 9.97. The van der Waals surface area contributed by atoms with Gasteiger partial charge in [-0.15, -0.1) is 0 Å². The maximum atomic E-state index is 12.1. The third-order valence-corrected chi connectivity index (χ3v) is 5.09. The number of nitrogens with zero attached hydrogens (tertiary/aromatic N) is 4. The summed E-state index contributed by atoms with van der Waals surface area (Å²) in [7, 11) is 0. The highest BCUT2D eigenvalue weighted by Gasteiger charge is 2.30. The van der Waals surface area contributed by atoms with Crippen LogP contribution < -0.4 is 0 Å². The number of benzene rings is 2. The van der Waals surface area contributed by atoms with E-state index < -0.39 is 23.0 Å². The molecule has 0 fully saturated rings. The van der Waals surface area contributed by atoms with Crippen LogP contribution >= 0.6 is 0 Å². The Labute approximate surface area is 199 Å². The Morgan fingerprint density at radius 1 is 0.735 bits per heavy atom. The largest absolute Gasteiger partial charge is 0.461 e. The van der Waals surface area contributed by atoms with Gasteiger partial charge in [0.1, 0.15) is 13.2 Å². The summed E-state index contributed by atoms with van der Waals surface area (Å²) in [6.07, 6.45) is 0.123. The molecule has 2 unspecified atom stereocenters. The SMILES string of the molecule is CC(C#N)(CCC(=O)OCc1ccccc1)N=NC(C)(C#N)CCC(=O)OCc1ccccc1. The zero-order valence-electron chi connectivity index (χ0n) is 19.4. The maximum Gasteiger partial charge on any atom is 0.306 e. The lowest BCUT2D eigenvalue weighted by Crippen LogP contribution is -2.25. The molecule has 8 nitrogen and oxygen atoms in total. The molecule has 8 heteroatoms. The molecular formula is C26H28N4O4. The van der Waals surface area contributed by atoms with Crippen molar-refractivity contribution in [1.82, 2.24) is 0 Å². The van der Waals surface area contributed by atoms with E-state index in [0.717, 1.165) is 11.1 Å². The van der Waals surface area contributed by atoms with Crippen molar-refractivity contribution in [2.45, 2.75) is 63.8 Å². The molecule has 2 aromatic rings. The van der Waals surface area contributed by atoms with Crippen molar-refractivity contribution in [1.29, 1.82) is 10.5 Å². The van der Waals surface area contributed by atoms with E-state index in [2.05, 4.69) is 10.2 Å². The van der Waals surface area contributed by atoms with Crippen LogP contribution in [0.15, 0.2) is 70.9 Å². The van der Waals surface area contributed by atoms with Gasteiger partial charge in [0.05, 0.1) is 12.1 Å². The molecule has 0 saturated heterocycles. The molecule has 0 saturated carbocycles. The van der Waals surface area contributed by atoms with Crippen LogP contribution in [0.2, 0.25) is 0 Å². The predicted molar refractivity (Wildman–Crippen MR) is 124 cm³/mol. The van der Waals surface area contributed by atoms with E-state index in [1.165, 1.54) is 13.8 Å². The lowest BCUT2D eigenvalue weighted by Gasteiger charge is -2.19. The zero-order chi connectivity index (χ0) is 24.9. The Balaban J connectivity index is 1.84. The maximum absolute atomic E-state index is 12.1. The molecule has 176 valence electrons. The van der Waals surface area contributed by atoms with E-state index in [4.69, 9.17) is 9.47 Å². The van der Waals surface area contributed by atoms with Crippen LogP contribution in [0, 0.1) is 22.7 Å². The van der Waals surface area contributed by atoms with Gasteiger partial charge in [-0.1, -0.05) is 60.7 Å². The third-order valence-electron chi connectivity index (χ3n) is 5.09. The Bertz CT molecular complexity index is 974. The van der Waals surface area contributed by atoms with E-state index in [9.17, 15) is 20.1 Å². The first kappa shape index (κ1) is 26.2. The zero-order valence-corrected chi connectivity index (χ0v) is 19.4. The van der Waals surface area contributed by atoms with E-state index >= 15 is 0 Å². The molecule has 34 heavy (non-hydrogen) atoms. The monoisotopic (exact) mass is 460 g/mol. The molecule has 0 radical (unpaired) electrons. The van der Waals surface area contributed by atoms with E-state index in [1.54, 1.807) is 0 Å². The van der Waals surface area contributed by atoms with E-state index in [0.29, 0.717) is 0 Å². The van der Waals surface area contributed by atoms with Gasteiger partial charge in [0.25, 0.3) is 0 Å². The molecule has 0 spiro atoms. The second kappa shape index (κ2) is 12.9. The fourth-order valence-corrected chi connectivity index (χ4v) is 2.79. The normalized spacial score (nSPS) is 14.2. The summed E-state index contributed by atoms with van der Waals surface area (Å²) in [5, 5.41) is 27.2. The Kier molecular flexibility index (Phi) is 9.91. The molecule has 0 bridgehead atoms. The topological polar surface area (TPSA) is 125 Å². The molecule has 0 aliphatic rings. The number of esters is 2. The molecule has 0 aromatic heterocycles. The molecule has 2 atom stereocenters. The smallest absolute Gasteiger partial charge is 0.306 e. The van der Waals surface area contributed by atoms with Crippen molar-refractivity contribution in [3.63, 3.8) is 0 Å². The van der Waals surface area contributed by atoms with E-state index in [-0.39, 0.29) is 38.9 Å². The van der Waals surface area contributed by atoms with Gasteiger partial charge in [-0.3, -0.25) is 9.59 Å². The third kappa shape index (κ3) is 9.22. The first-order chi connectivity index (χ1) is 16.3. The standard InChI is InChI=1S/C26H28N4O4/c1-25(19-27,15-13-23(31)33-17-21-9-5-3-6-10-21)29-30-26(2,20-28)16-14-24(32)34-18-22-11-7-4-8-12-22/h3-12H,13-18H2,1-2H3. The minimum Gasteiger partial charge on any atom is -0.461 e. The highest BCUT2D eigenvalue weighted by Crippen LogP contribution is 2.24. The van der Waals surface area contributed by atoms with Crippen molar-refractivity contribution in [2.24, 2.45) is 10.2 Å². The first-order valence-electron chi connectivity index (χ1n) is 10.9. The van der Waals surface area contributed by atoms with Crippen LogP contribution in [0.5, 0.6) is 0 Å². The molecule has 0 aliphatic heterocycles. The summed E-state index contributed by atoms with van der Waals surface area (Å²) in [6, 6.07) is 22.6. The Morgan fingerprint density at radius 3 is 1.41 bits per heavy atom. The summed E-state index contributed by atoms with van der Waals surface area (Å²) < 4.78 is 10.5. The van der Waals surface area contributed by atoms with Crippen molar-refractivity contribution in [3.8, 4) is 12.1 Å². The van der Waals surface area contributed by atoms with Crippen LogP contribution in [-0.4, -0.2) is 23.0 Å². The number of hydrogen-bond donors (Lipinski definition) is 0. The van der Waals surface area contributed by atoms with Gasteiger partial charge >= 0.3 is 11.9 Å². The van der Waals surface area contributed by atoms with Gasteiger partial charge in [-0.2, -0.15) is 20.8 Å². The average Bonchev–Trinajstić information content (AvgIpc) is 2.88. The minimum absolute atomic E-state index is 0.0228. The first-order valence-corrected chi connectivity index (χ1v) is 10.9. The van der Waals surface area contributed by atoms with Crippen LogP contribution in [-0.2, 0) is 32.3 Å². The fourth-order valence-electron chi connectivity index (χ4n) is 2.79. The molecule has 0 amide bonds. The molecule has 0 aliphatic carbocycles. The van der Waals surface area contributed by atoms with Gasteiger partial charge in [0, 0.05) is 12.8 Å². The number of carbonyl (C=O) groups is 2. The summed E-state index contributed by atoms with van der Waals surface area (Å²) >= 11 is 0. The quantitative estimate of drug-likeness (QED) is 0.322. The van der Waals surface area contributed by atoms with Gasteiger partial charge < -0.3 is 9.47 Å². The molecule has 0 heterocycles. The highest BCUT2D eigenvalue weighted by molar-refractivity contribution is 5.70. The van der Waals surface area contributed by atoms with Crippen molar-refractivity contribution in [2.75, 3.05) is 0 Å². The lowest BCUT2D eigenvalue weighted by molar-refractivity contribution is -0.146. The molecule has 2 aromatic carbocycles. The van der Waals surface area contributed by atoms with Crippen LogP contribution in [0.4, 0.5) is 0 Å². The summed E-state index contributed by atoms with van der Waals surface area (Å²) in [6.45, 7) is 3.37. The Hall–Kier alpha value is -4.04. The number of rotatable bonds is 12. The highest BCUT2D eigenvalue weighted by atomic mass is 16.5.